The van der Waals surface area contributed by atoms with E-state index in [0.717, 1.165) is 44.0 Å². The van der Waals surface area contributed by atoms with Crippen molar-refractivity contribution in [2.24, 2.45) is 5.92 Å². The Hall–Kier alpha value is -1.67. The van der Waals surface area contributed by atoms with Crippen molar-refractivity contribution < 1.29 is 0 Å². The fraction of sp³-hybridized carbons (Fsp3) is 0.688. The number of nitriles is 1. The Bertz CT molecular complexity index is 508. The van der Waals surface area contributed by atoms with Crippen molar-refractivity contribution in [3.05, 3.63) is 18.1 Å². The number of piperazine rings is 1. The smallest absolute Gasteiger partial charge is 0.183 e. The van der Waals surface area contributed by atoms with Gasteiger partial charge in [-0.1, -0.05) is 6.92 Å². The van der Waals surface area contributed by atoms with Gasteiger partial charge in [-0.25, -0.2) is 9.97 Å². The summed E-state index contributed by atoms with van der Waals surface area (Å²) in [5.74, 6) is 1.65. The molecule has 0 aromatic carbocycles. The Morgan fingerprint density at radius 1 is 1.05 bits per heavy atom. The van der Waals surface area contributed by atoms with Crippen LogP contribution in [0.4, 0.5) is 5.82 Å². The number of hydrogen-bond donors (Lipinski definition) is 0. The lowest BCUT2D eigenvalue weighted by Gasteiger charge is -2.42. The number of nitrogens with zero attached hydrogens (tertiary/aromatic N) is 5. The summed E-state index contributed by atoms with van der Waals surface area (Å²) in [6.07, 6.45) is 8.68. The molecule has 5 nitrogen and oxygen atoms in total. The van der Waals surface area contributed by atoms with Crippen LogP contribution >= 0.6 is 0 Å². The first-order valence-electron chi connectivity index (χ1n) is 7.98. The van der Waals surface area contributed by atoms with Gasteiger partial charge in [0, 0.05) is 44.6 Å². The third-order valence-corrected chi connectivity index (χ3v) is 4.90. The molecule has 0 spiro atoms. The fourth-order valence-corrected chi connectivity index (χ4v) is 3.55. The van der Waals surface area contributed by atoms with Gasteiger partial charge in [0.15, 0.2) is 11.5 Å². The van der Waals surface area contributed by atoms with Crippen LogP contribution in [-0.4, -0.2) is 47.1 Å². The number of anilines is 1. The van der Waals surface area contributed by atoms with Crippen LogP contribution < -0.4 is 4.90 Å². The van der Waals surface area contributed by atoms with Crippen molar-refractivity contribution in [2.75, 3.05) is 31.1 Å². The molecule has 0 atom stereocenters. The van der Waals surface area contributed by atoms with Crippen LogP contribution in [0.15, 0.2) is 12.4 Å². The van der Waals surface area contributed by atoms with Crippen LogP contribution in [0.5, 0.6) is 0 Å². The van der Waals surface area contributed by atoms with Gasteiger partial charge in [0.1, 0.15) is 6.07 Å². The van der Waals surface area contributed by atoms with Crippen molar-refractivity contribution in [1.82, 2.24) is 14.9 Å². The summed E-state index contributed by atoms with van der Waals surface area (Å²) in [4.78, 5) is 13.3. The highest BCUT2D eigenvalue weighted by atomic mass is 15.3. The Morgan fingerprint density at radius 3 is 2.38 bits per heavy atom. The number of aromatic nitrogens is 2. The fourth-order valence-electron chi connectivity index (χ4n) is 3.55. The average molecular weight is 285 g/mol. The summed E-state index contributed by atoms with van der Waals surface area (Å²) < 4.78 is 0. The molecule has 1 aromatic rings. The van der Waals surface area contributed by atoms with Gasteiger partial charge in [0.05, 0.1) is 0 Å². The molecule has 1 aliphatic carbocycles. The first-order chi connectivity index (χ1) is 10.3. The molecule has 1 aromatic heterocycles. The highest BCUT2D eigenvalue weighted by Gasteiger charge is 2.28. The second-order valence-electron chi connectivity index (χ2n) is 6.28. The summed E-state index contributed by atoms with van der Waals surface area (Å²) >= 11 is 0. The first-order valence-corrected chi connectivity index (χ1v) is 7.98. The van der Waals surface area contributed by atoms with Gasteiger partial charge in [0.25, 0.3) is 0 Å². The van der Waals surface area contributed by atoms with E-state index in [1.807, 2.05) is 0 Å². The topological polar surface area (TPSA) is 56.1 Å². The van der Waals surface area contributed by atoms with Crippen molar-refractivity contribution in [2.45, 2.75) is 38.6 Å². The molecule has 0 N–H and O–H groups in total. The van der Waals surface area contributed by atoms with E-state index in [4.69, 9.17) is 5.26 Å². The van der Waals surface area contributed by atoms with Crippen LogP contribution in [0.1, 0.15) is 38.3 Å². The van der Waals surface area contributed by atoms with Gasteiger partial charge >= 0.3 is 0 Å². The first kappa shape index (κ1) is 14.3. The molecule has 3 rings (SSSR count). The zero-order valence-electron chi connectivity index (χ0n) is 12.7. The second-order valence-corrected chi connectivity index (χ2v) is 6.28. The minimum atomic E-state index is 0.442. The summed E-state index contributed by atoms with van der Waals surface area (Å²) in [5.41, 5.74) is 0.442. The predicted octanol–water partition coefficient (Wildman–Crippen LogP) is 2.05. The van der Waals surface area contributed by atoms with Crippen molar-refractivity contribution in [3.63, 3.8) is 0 Å². The van der Waals surface area contributed by atoms with Crippen molar-refractivity contribution in [1.29, 1.82) is 5.26 Å². The van der Waals surface area contributed by atoms with Crippen LogP contribution in [0.3, 0.4) is 0 Å². The summed E-state index contributed by atoms with van der Waals surface area (Å²) in [7, 11) is 0. The molecule has 21 heavy (non-hydrogen) atoms. The van der Waals surface area contributed by atoms with Crippen molar-refractivity contribution in [3.8, 4) is 6.07 Å². The Kier molecular flexibility index (Phi) is 4.35. The monoisotopic (exact) mass is 285 g/mol. The molecule has 1 saturated carbocycles. The molecule has 0 bridgehead atoms. The molecule has 2 heterocycles. The molecule has 0 amide bonds. The number of rotatable bonds is 2. The van der Waals surface area contributed by atoms with Crippen LogP contribution in [0.2, 0.25) is 0 Å². The average Bonchev–Trinajstić information content (AvgIpc) is 2.56. The summed E-state index contributed by atoms with van der Waals surface area (Å²) in [5, 5.41) is 9.14. The molecular weight excluding hydrogens is 262 g/mol. The third-order valence-electron chi connectivity index (χ3n) is 4.90. The van der Waals surface area contributed by atoms with Crippen LogP contribution in [0.25, 0.3) is 0 Å². The van der Waals surface area contributed by atoms with Gasteiger partial charge in [-0.3, -0.25) is 4.90 Å². The number of hydrogen-bond acceptors (Lipinski definition) is 5. The molecule has 2 fully saturated rings. The third kappa shape index (κ3) is 3.16. The van der Waals surface area contributed by atoms with Crippen LogP contribution in [-0.2, 0) is 0 Å². The lowest BCUT2D eigenvalue weighted by atomic mass is 9.86. The van der Waals surface area contributed by atoms with E-state index >= 15 is 0 Å². The van der Waals surface area contributed by atoms with Gasteiger partial charge in [-0.2, -0.15) is 5.26 Å². The van der Waals surface area contributed by atoms with Gasteiger partial charge in [0.2, 0.25) is 0 Å². The van der Waals surface area contributed by atoms with Gasteiger partial charge in [-0.15, -0.1) is 0 Å². The molecule has 1 aliphatic heterocycles. The maximum absolute atomic E-state index is 9.14. The van der Waals surface area contributed by atoms with Gasteiger partial charge in [-0.05, 0) is 31.6 Å². The van der Waals surface area contributed by atoms with E-state index in [-0.39, 0.29) is 0 Å². The lowest BCUT2D eigenvalue weighted by molar-refractivity contribution is 0.132. The predicted molar refractivity (Wildman–Crippen MR) is 82.0 cm³/mol. The largest absolute Gasteiger partial charge is 0.352 e. The zero-order chi connectivity index (χ0) is 14.7. The van der Waals surface area contributed by atoms with E-state index in [0.29, 0.717) is 5.69 Å². The van der Waals surface area contributed by atoms with Crippen LogP contribution in [0, 0.1) is 17.2 Å². The normalized spacial score (nSPS) is 27.3. The van der Waals surface area contributed by atoms with E-state index in [9.17, 15) is 0 Å². The molecule has 0 radical (unpaired) electrons. The zero-order valence-corrected chi connectivity index (χ0v) is 12.7. The van der Waals surface area contributed by atoms with Crippen molar-refractivity contribution >= 4 is 5.82 Å². The maximum Gasteiger partial charge on any atom is 0.183 e. The van der Waals surface area contributed by atoms with E-state index < -0.39 is 0 Å². The Balaban J connectivity index is 1.59. The summed E-state index contributed by atoms with van der Waals surface area (Å²) in [6.45, 7) is 6.39. The minimum absolute atomic E-state index is 0.442. The maximum atomic E-state index is 9.14. The lowest BCUT2D eigenvalue weighted by Crippen LogP contribution is -2.51. The Labute approximate surface area is 126 Å². The SMILES string of the molecule is CC1CCC(N2CCN(c3nccnc3C#N)CC2)CC1. The highest BCUT2D eigenvalue weighted by Crippen LogP contribution is 2.28. The minimum Gasteiger partial charge on any atom is -0.352 e. The quantitative estimate of drug-likeness (QED) is 0.832. The van der Waals surface area contributed by atoms with E-state index in [2.05, 4.69) is 32.8 Å². The van der Waals surface area contributed by atoms with E-state index in [1.54, 1.807) is 12.4 Å². The molecule has 112 valence electrons. The van der Waals surface area contributed by atoms with Gasteiger partial charge < -0.3 is 4.90 Å². The molecule has 0 unspecified atom stereocenters. The molecule has 2 aliphatic rings. The molecule has 1 saturated heterocycles. The molecule has 5 heteroatoms. The second kappa shape index (κ2) is 6.40. The molecular formula is C16H23N5. The highest BCUT2D eigenvalue weighted by molar-refractivity contribution is 5.49. The van der Waals surface area contributed by atoms with E-state index in [1.165, 1.54) is 25.7 Å². The standard InChI is InChI=1S/C16H23N5/c1-13-2-4-14(5-3-13)20-8-10-21(11-9-20)16-15(12-17)18-6-7-19-16/h6-7,13-14H,2-5,8-11H2,1H3. The Morgan fingerprint density at radius 2 is 1.71 bits per heavy atom. The summed E-state index contributed by atoms with van der Waals surface area (Å²) in [6, 6.07) is 2.91.